The monoisotopic (exact) mass is 178 g/mol. The highest BCUT2D eigenvalue weighted by atomic mass is 35.5. The van der Waals surface area contributed by atoms with Crippen LogP contribution in [0.5, 0.6) is 0 Å². The molecule has 0 aliphatic rings. The minimum absolute atomic E-state index is 0.0509. The summed E-state index contributed by atoms with van der Waals surface area (Å²) in [4.78, 5) is 11.4. The fourth-order valence-electron chi connectivity index (χ4n) is 0.723. The van der Waals surface area contributed by atoms with Gasteiger partial charge in [-0.3, -0.25) is 4.79 Å². The Morgan fingerprint density at radius 3 is 2.09 bits per heavy atom. The Morgan fingerprint density at radius 2 is 2.00 bits per heavy atom. The summed E-state index contributed by atoms with van der Waals surface area (Å²) in [5.74, 6) is 0.280. The van der Waals surface area contributed by atoms with E-state index in [0.29, 0.717) is 0 Å². The molecular formula is C8H15ClO2. The smallest absolute Gasteiger partial charge is 0.168 e. The molecule has 0 aromatic rings. The number of ketones is 1. The van der Waals surface area contributed by atoms with Gasteiger partial charge in [-0.1, -0.05) is 20.8 Å². The van der Waals surface area contributed by atoms with E-state index in [4.69, 9.17) is 16.3 Å². The third-order valence-electron chi connectivity index (χ3n) is 1.46. The van der Waals surface area contributed by atoms with Crippen LogP contribution in [0.25, 0.3) is 0 Å². The summed E-state index contributed by atoms with van der Waals surface area (Å²) in [7, 11) is 1.50. The number of carbonyl (C=O) groups is 1. The van der Waals surface area contributed by atoms with Gasteiger partial charge < -0.3 is 4.74 Å². The zero-order chi connectivity index (χ0) is 9.07. The molecule has 0 bridgehead atoms. The fraction of sp³-hybridized carbons (Fsp3) is 0.875. The number of carbonyl (C=O) groups excluding carboxylic acids is 1. The van der Waals surface area contributed by atoms with Crippen LogP contribution in [0.1, 0.15) is 20.8 Å². The highest BCUT2D eigenvalue weighted by Gasteiger charge is 2.28. The molecule has 0 amide bonds. The molecule has 0 spiro atoms. The molecule has 1 atom stereocenters. The topological polar surface area (TPSA) is 26.3 Å². The second-order valence-electron chi connectivity index (χ2n) is 3.49. The van der Waals surface area contributed by atoms with Gasteiger partial charge in [0.2, 0.25) is 0 Å². The molecule has 0 saturated heterocycles. The van der Waals surface area contributed by atoms with E-state index in [2.05, 4.69) is 0 Å². The largest absolute Gasteiger partial charge is 0.372 e. The third-order valence-corrected chi connectivity index (χ3v) is 1.74. The minimum Gasteiger partial charge on any atom is -0.372 e. The number of hydrogen-bond donors (Lipinski definition) is 0. The maximum atomic E-state index is 11.4. The number of ether oxygens (including phenoxy) is 1. The van der Waals surface area contributed by atoms with Crippen LogP contribution < -0.4 is 0 Å². The zero-order valence-electron chi connectivity index (χ0n) is 7.48. The first-order valence-corrected chi connectivity index (χ1v) is 4.10. The highest BCUT2D eigenvalue weighted by molar-refractivity contribution is 6.20. The van der Waals surface area contributed by atoms with E-state index < -0.39 is 6.10 Å². The van der Waals surface area contributed by atoms with Gasteiger partial charge in [0.1, 0.15) is 6.10 Å². The van der Waals surface area contributed by atoms with Crippen molar-refractivity contribution in [2.24, 2.45) is 5.41 Å². The van der Waals surface area contributed by atoms with Crippen molar-refractivity contribution in [3.63, 3.8) is 0 Å². The number of hydrogen-bond acceptors (Lipinski definition) is 2. The van der Waals surface area contributed by atoms with Gasteiger partial charge >= 0.3 is 0 Å². The molecule has 0 aliphatic carbocycles. The molecule has 0 aliphatic heterocycles. The first-order chi connectivity index (χ1) is 4.93. The van der Waals surface area contributed by atoms with Crippen LogP contribution in [0.15, 0.2) is 0 Å². The first-order valence-electron chi connectivity index (χ1n) is 3.56. The Hall–Kier alpha value is -0.0800. The van der Waals surface area contributed by atoms with Crippen LogP contribution in [-0.2, 0) is 9.53 Å². The third kappa shape index (κ3) is 3.21. The number of halogens is 1. The van der Waals surface area contributed by atoms with Crippen molar-refractivity contribution in [1.82, 2.24) is 0 Å². The minimum atomic E-state index is -0.461. The summed E-state index contributed by atoms with van der Waals surface area (Å²) in [6, 6.07) is 0. The molecule has 1 unspecified atom stereocenters. The Balaban J connectivity index is 4.22. The normalized spacial score (nSPS) is 14.6. The van der Waals surface area contributed by atoms with Crippen LogP contribution in [0.3, 0.4) is 0 Å². The molecule has 0 fully saturated rings. The lowest BCUT2D eigenvalue weighted by Crippen LogP contribution is -2.34. The fourth-order valence-corrected chi connectivity index (χ4v) is 0.989. The second-order valence-corrected chi connectivity index (χ2v) is 3.80. The van der Waals surface area contributed by atoms with Gasteiger partial charge in [-0.15, -0.1) is 11.6 Å². The zero-order valence-corrected chi connectivity index (χ0v) is 8.23. The van der Waals surface area contributed by atoms with Crippen molar-refractivity contribution in [3.8, 4) is 0 Å². The van der Waals surface area contributed by atoms with Crippen LogP contribution in [-0.4, -0.2) is 24.9 Å². The SMILES string of the molecule is COC(CCl)C(=O)C(C)(C)C. The van der Waals surface area contributed by atoms with Crippen LogP contribution in [0, 0.1) is 5.41 Å². The summed E-state index contributed by atoms with van der Waals surface area (Å²) in [5, 5.41) is 0. The maximum absolute atomic E-state index is 11.4. The van der Waals surface area contributed by atoms with Gasteiger partial charge in [0.05, 0.1) is 5.88 Å². The Bertz CT molecular complexity index is 134. The molecule has 0 radical (unpaired) electrons. The van der Waals surface area contributed by atoms with Gasteiger partial charge in [0.25, 0.3) is 0 Å². The first kappa shape index (κ1) is 10.9. The summed E-state index contributed by atoms with van der Waals surface area (Å²) in [6.07, 6.45) is -0.461. The maximum Gasteiger partial charge on any atom is 0.168 e. The van der Waals surface area contributed by atoms with Gasteiger partial charge in [-0.25, -0.2) is 0 Å². The van der Waals surface area contributed by atoms with E-state index in [1.807, 2.05) is 20.8 Å². The number of alkyl halides is 1. The Labute approximate surface area is 72.9 Å². The summed E-state index contributed by atoms with van der Waals surface area (Å²) in [5.41, 5.74) is -0.366. The van der Waals surface area contributed by atoms with Crippen LogP contribution >= 0.6 is 11.6 Å². The summed E-state index contributed by atoms with van der Waals surface area (Å²) >= 11 is 5.52. The molecule has 11 heavy (non-hydrogen) atoms. The second kappa shape index (κ2) is 4.07. The van der Waals surface area contributed by atoms with Crippen molar-refractivity contribution < 1.29 is 9.53 Å². The Morgan fingerprint density at radius 1 is 1.55 bits per heavy atom. The molecule has 0 aromatic carbocycles. The van der Waals surface area contributed by atoms with E-state index in [1.54, 1.807) is 0 Å². The average Bonchev–Trinajstić information content (AvgIpc) is 1.88. The van der Waals surface area contributed by atoms with E-state index in [9.17, 15) is 4.79 Å². The molecule has 2 nitrogen and oxygen atoms in total. The van der Waals surface area contributed by atoms with Crippen LogP contribution in [0.4, 0.5) is 0 Å². The van der Waals surface area contributed by atoms with Crippen molar-refractivity contribution in [3.05, 3.63) is 0 Å². The van der Waals surface area contributed by atoms with E-state index in [-0.39, 0.29) is 17.1 Å². The van der Waals surface area contributed by atoms with E-state index in [1.165, 1.54) is 7.11 Å². The van der Waals surface area contributed by atoms with E-state index in [0.717, 1.165) is 0 Å². The lowest BCUT2D eigenvalue weighted by atomic mass is 9.88. The molecule has 3 heteroatoms. The highest BCUT2D eigenvalue weighted by Crippen LogP contribution is 2.18. The van der Waals surface area contributed by atoms with Gasteiger partial charge in [0, 0.05) is 12.5 Å². The predicted molar refractivity (Wildman–Crippen MR) is 46.0 cm³/mol. The molecule has 0 N–H and O–H groups in total. The lowest BCUT2D eigenvalue weighted by molar-refractivity contribution is -0.135. The number of Topliss-reactive ketones (excluding diaryl/α,β-unsaturated/α-hetero) is 1. The molecule has 0 aromatic heterocycles. The number of rotatable bonds is 3. The summed E-state index contributed by atoms with van der Waals surface area (Å²) < 4.78 is 4.91. The average molecular weight is 179 g/mol. The standard InChI is InChI=1S/C8H15ClO2/c1-8(2,3)7(10)6(5-9)11-4/h6H,5H2,1-4H3. The number of methoxy groups -OCH3 is 1. The van der Waals surface area contributed by atoms with E-state index >= 15 is 0 Å². The molecule has 0 heterocycles. The van der Waals surface area contributed by atoms with Crippen molar-refractivity contribution in [1.29, 1.82) is 0 Å². The molecule has 0 rings (SSSR count). The molecule has 66 valence electrons. The molecular weight excluding hydrogens is 164 g/mol. The van der Waals surface area contributed by atoms with Crippen molar-refractivity contribution in [2.75, 3.05) is 13.0 Å². The quantitative estimate of drug-likeness (QED) is 0.617. The molecule has 0 saturated carbocycles. The summed E-state index contributed by atoms with van der Waals surface area (Å²) in [6.45, 7) is 5.57. The lowest BCUT2D eigenvalue weighted by Gasteiger charge is -2.21. The van der Waals surface area contributed by atoms with Gasteiger partial charge in [-0.2, -0.15) is 0 Å². The predicted octanol–water partition coefficient (Wildman–Crippen LogP) is 1.86. The van der Waals surface area contributed by atoms with Crippen molar-refractivity contribution >= 4 is 17.4 Å². The Kier molecular flexibility index (Phi) is 4.04. The van der Waals surface area contributed by atoms with Crippen molar-refractivity contribution in [2.45, 2.75) is 26.9 Å². The van der Waals surface area contributed by atoms with Gasteiger partial charge in [0.15, 0.2) is 5.78 Å². The van der Waals surface area contributed by atoms with Gasteiger partial charge in [-0.05, 0) is 0 Å². The van der Waals surface area contributed by atoms with Crippen LogP contribution in [0.2, 0.25) is 0 Å².